The van der Waals surface area contributed by atoms with E-state index in [0.29, 0.717) is 49.8 Å². The summed E-state index contributed by atoms with van der Waals surface area (Å²) in [6, 6.07) is 7.50. The Kier molecular flexibility index (Phi) is 28.7. The number of rotatable bonds is 34. The summed E-state index contributed by atoms with van der Waals surface area (Å²) in [7, 11) is 3.68. The number of methoxy groups -OCH3 is 2. The lowest BCUT2D eigenvalue weighted by molar-refractivity contribution is -0.148. The number of hydrogen-bond donors (Lipinski definition) is 8. The van der Waals surface area contributed by atoms with Crippen molar-refractivity contribution >= 4 is 63.5 Å². The summed E-state index contributed by atoms with van der Waals surface area (Å²) in [5.74, 6) is -5.51. The molecule has 2 aromatic rings. The first kappa shape index (κ1) is 76.6. The molecule has 2 aliphatic rings. The minimum Gasteiger partial charge on any atom is -0.444 e. The van der Waals surface area contributed by atoms with Crippen molar-refractivity contribution in [2.75, 3.05) is 48.5 Å². The van der Waals surface area contributed by atoms with E-state index in [0.717, 1.165) is 0 Å². The van der Waals surface area contributed by atoms with Crippen molar-refractivity contribution in [3.8, 4) is 0 Å². The van der Waals surface area contributed by atoms with Gasteiger partial charge < -0.3 is 61.6 Å². The molecule has 2 aromatic carbocycles. The zero-order valence-corrected chi connectivity index (χ0v) is 57.4. The summed E-state index contributed by atoms with van der Waals surface area (Å²) in [6.45, 7) is 22.2. The van der Waals surface area contributed by atoms with E-state index in [9.17, 15) is 51.6 Å². The fourth-order valence-corrected chi connectivity index (χ4v) is 13.0. The molecule has 1 aliphatic carbocycles. The fourth-order valence-electron chi connectivity index (χ4n) is 11.9. The summed E-state index contributed by atoms with van der Waals surface area (Å²) in [5.41, 5.74) is 4.63. The van der Waals surface area contributed by atoms with E-state index in [4.69, 9.17) is 19.9 Å². The SMILES string of the molecule is CC[C@H](C)[C@@H]([C@@H](CC(=O)N1CCC[C@H]1[C@H](OC)[C@@H](C)C(=O)N[C@@H](Cc1ccccc1)C(=O)NS(=O)(=O)c1ccc(C2(NC(=O)[C@H](CCCNC(N)=O)NC(=O)[C@@H](NC(=O)OC(C)(C)C)C(C)C)CC2)cc1)OC)N(C)C(=O)[C@@H](NC(=O)[C@H](C(C)C)N(C)C)C(C)C. The lowest BCUT2D eigenvalue weighted by Gasteiger charge is -2.41. The Morgan fingerprint density at radius 2 is 1.34 bits per heavy atom. The van der Waals surface area contributed by atoms with Gasteiger partial charge in [0.1, 0.15) is 29.8 Å². The van der Waals surface area contributed by atoms with E-state index in [1.807, 2.05) is 60.5 Å². The highest BCUT2D eigenvalue weighted by molar-refractivity contribution is 7.90. The third kappa shape index (κ3) is 21.9. The number of amides is 10. The number of nitrogens with zero attached hydrogens (tertiary/aromatic N) is 3. The van der Waals surface area contributed by atoms with Crippen LogP contribution in [0.25, 0.3) is 0 Å². The number of hydrogen-bond acceptors (Lipinski definition) is 15. The van der Waals surface area contributed by atoms with Crippen LogP contribution in [-0.2, 0) is 69.8 Å². The number of nitrogens with one attached hydrogen (secondary N) is 7. The number of urea groups is 1. The van der Waals surface area contributed by atoms with Gasteiger partial charge >= 0.3 is 12.1 Å². The molecule has 11 atom stereocenters. The van der Waals surface area contributed by atoms with Crippen molar-refractivity contribution in [1.29, 1.82) is 0 Å². The van der Waals surface area contributed by atoms with Gasteiger partial charge in [-0.25, -0.2) is 22.7 Å². The highest BCUT2D eigenvalue weighted by atomic mass is 32.2. The van der Waals surface area contributed by atoms with Crippen molar-refractivity contribution in [3.63, 3.8) is 0 Å². The van der Waals surface area contributed by atoms with Crippen LogP contribution in [0.3, 0.4) is 0 Å². The van der Waals surface area contributed by atoms with Gasteiger partial charge in [0.25, 0.3) is 15.9 Å². The van der Waals surface area contributed by atoms with Crippen LogP contribution in [0.2, 0.25) is 0 Å². The molecule has 25 nitrogen and oxygen atoms in total. The molecule has 0 aromatic heterocycles. The van der Waals surface area contributed by atoms with Crippen LogP contribution in [0.1, 0.15) is 146 Å². The molecular weight excluding hydrogens is 1190 g/mol. The molecule has 10 amide bonds. The van der Waals surface area contributed by atoms with Gasteiger partial charge in [-0.2, -0.15) is 0 Å². The number of carbonyl (C=O) groups is 9. The molecule has 0 radical (unpaired) electrons. The van der Waals surface area contributed by atoms with E-state index in [1.165, 1.54) is 38.5 Å². The number of primary amides is 1. The summed E-state index contributed by atoms with van der Waals surface area (Å²) in [4.78, 5) is 128. The molecule has 4 rings (SSSR count). The Bertz CT molecular complexity index is 2890. The first-order valence-electron chi connectivity index (χ1n) is 31.8. The second-order valence-electron chi connectivity index (χ2n) is 26.7. The Hall–Kier alpha value is -6.90. The largest absolute Gasteiger partial charge is 0.444 e. The van der Waals surface area contributed by atoms with Gasteiger partial charge in [-0.15, -0.1) is 0 Å². The predicted octanol–water partition coefficient (Wildman–Crippen LogP) is 4.45. The number of likely N-dealkylation sites (tertiary alicyclic amines) is 1. The topological polar surface area (TPSA) is 335 Å². The molecule has 9 N–H and O–H groups in total. The highest BCUT2D eigenvalue weighted by Gasteiger charge is 2.48. The van der Waals surface area contributed by atoms with Crippen LogP contribution in [0.5, 0.6) is 0 Å². The maximum absolute atomic E-state index is 14.6. The third-order valence-corrected chi connectivity index (χ3v) is 18.5. The van der Waals surface area contributed by atoms with E-state index in [1.54, 1.807) is 88.7 Å². The zero-order chi connectivity index (χ0) is 68.5. The van der Waals surface area contributed by atoms with Crippen LogP contribution in [0, 0.1) is 29.6 Å². The Balaban J connectivity index is 1.52. The first-order chi connectivity index (χ1) is 42.5. The molecule has 0 bridgehead atoms. The molecule has 1 aliphatic heterocycles. The number of sulfonamides is 1. The van der Waals surface area contributed by atoms with E-state index < -0.39 is 123 Å². The van der Waals surface area contributed by atoms with E-state index in [2.05, 4.69) is 36.6 Å². The van der Waals surface area contributed by atoms with Crippen molar-refractivity contribution in [3.05, 3.63) is 65.7 Å². The van der Waals surface area contributed by atoms with Gasteiger partial charge in [0, 0.05) is 40.8 Å². The van der Waals surface area contributed by atoms with Gasteiger partial charge in [0.2, 0.25) is 35.4 Å². The molecule has 26 heteroatoms. The number of benzene rings is 2. The summed E-state index contributed by atoms with van der Waals surface area (Å²) >= 11 is 0. The number of likely N-dealkylation sites (N-methyl/N-ethyl adjacent to an activating group) is 2. The van der Waals surface area contributed by atoms with Gasteiger partial charge in [-0.1, -0.05) is 111 Å². The normalized spacial score (nSPS) is 18.1. The quantitative estimate of drug-likeness (QED) is 0.0449. The second kappa shape index (κ2) is 34.1. The van der Waals surface area contributed by atoms with Crippen molar-refractivity contribution in [2.45, 2.75) is 211 Å². The van der Waals surface area contributed by atoms with Crippen molar-refractivity contribution in [2.24, 2.45) is 35.3 Å². The van der Waals surface area contributed by atoms with Crippen molar-refractivity contribution in [1.82, 2.24) is 51.3 Å². The lowest BCUT2D eigenvalue weighted by atomic mass is 9.89. The summed E-state index contributed by atoms with van der Waals surface area (Å²) in [6.07, 6.45) is 0.305. The number of carbonyl (C=O) groups excluding carboxylic acids is 9. The molecule has 1 heterocycles. The minimum absolute atomic E-state index is 0.0197. The van der Waals surface area contributed by atoms with Gasteiger partial charge in [0.05, 0.1) is 53.1 Å². The Morgan fingerprint density at radius 1 is 0.736 bits per heavy atom. The fraction of sp³-hybridized carbons (Fsp3) is 0.677. The number of nitrogens with two attached hydrogens (primary N) is 1. The average Bonchev–Trinajstić information content (AvgIpc) is 1.65. The molecule has 1 saturated heterocycles. The molecule has 2 fully saturated rings. The minimum atomic E-state index is -4.59. The first-order valence-corrected chi connectivity index (χ1v) is 33.3. The lowest BCUT2D eigenvalue weighted by Crippen LogP contribution is -2.59. The monoisotopic (exact) mass is 1300 g/mol. The number of alkyl carbamates (subject to hydrolysis) is 1. The van der Waals surface area contributed by atoms with Gasteiger partial charge in [0.15, 0.2) is 0 Å². The van der Waals surface area contributed by atoms with Gasteiger partial charge in [-0.3, -0.25) is 38.5 Å². The maximum Gasteiger partial charge on any atom is 0.408 e. The summed E-state index contributed by atoms with van der Waals surface area (Å²) in [5, 5.41) is 16.6. The molecule has 91 heavy (non-hydrogen) atoms. The second-order valence-corrected chi connectivity index (χ2v) is 28.3. The third-order valence-electron chi connectivity index (χ3n) is 17.1. The standard InChI is InChI=1S/C65H105N11O14S/c1-18-41(8)54(75(15)61(83)52(39(4)5)70-60(82)53(40(6)7)74(13)14)49(88-16)37-50(77)76-35-23-27-48(76)55(89-17)42(9)56(78)69-47(36-43-24-20-19-21-25-43)58(80)73-91(86,87)45-30-28-44(29-31-45)65(32-33-65)72-57(79)46(26-22-34-67-62(66)84)68-59(81)51(38(2)3)71-63(85)90-64(10,11)12/h19-21,24-25,28-31,38-42,46-49,51-55H,18,22-23,26-27,32-37H2,1-17H3,(H,68,81)(H,69,78)(H,70,82)(H,71,85)(H,72,79)(H,73,80)(H3,66,67,84)/t41-,42+,46-,47-,48-,49+,51-,52-,53-,54-,55+/m0/s1. The van der Waals surface area contributed by atoms with E-state index in [-0.39, 0.29) is 72.6 Å². The van der Waals surface area contributed by atoms with E-state index >= 15 is 0 Å². The molecule has 1 saturated carbocycles. The molecule has 0 spiro atoms. The summed E-state index contributed by atoms with van der Waals surface area (Å²) < 4.78 is 47.8. The Labute approximate surface area is 539 Å². The molecular formula is C65H105N11O14S. The van der Waals surface area contributed by atoms with Crippen molar-refractivity contribution < 1.29 is 65.8 Å². The molecule has 510 valence electrons. The molecule has 0 unspecified atom stereocenters. The van der Waals surface area contributed by atoms with Crippen LogP contribution in [0.15, 0.2) is 59.5 Å². The Morgan fingerprint density at radius 3 is 1.86 bits per heavy atom. The van der Waals surface area contributed by atoms with Crippen LogP contribution >= 0.6 is 0 Å². The van der Waals surface area contributed by atoms with Crippen LogP contribution in [-0.4, -0.2) is 185 Å². The predicted molar refractivity (Wildman–Crippen MR) is 345 cm³/mol. The highest BCUT2D eigenvalue weighted by Crippen LogP contribution is 2.46. The van der Waals surface area contributed by atoms with Crippen LogP contribution in [0.4, 0.5) is 9.59 Å². The maximum atomic E-state index is 14.6. The average molecular weight is 1300 g/mol. The zero-order valence-electron chi connectivity index (χ0n) is 56.6. The van der Waals surface area contributed by atoms with Crippen LogP contribution < -0.4 is 42.4 Å². The smallest absolute Gasteiger partial charge is 0.408 e. The van der Waals surface area contributed by atoms with Gasteiger partial charge in [-0.05, 0) is 120 Å². The number of ether oxygens (including phenoxy) is 3.